The fraction of sp³-hybridized carbons (Fsp3) is 0.346. The molecule has 0 saturated carbocycles. The maximum Gasteiger partial charge on any atom is 0.344 e. The molecule has 2 heterocycles. The molecule has 0 amide bonds. The first-order chi connectivity index (χ1) is 15.9. The highest BCUT2D eigenvalue weighted by Crippen LogP contribution is 2.32. The lowest BCUT2D eigenvalue weighted by atomic mass is 10.1. The van der Waals surface area contributed by atoms with Gasteiger partial charge < -0.3 is 15.4 Å². The molecule has 2 aromatic heterocycles. The monoisotopic (exact) mass is 445 g/mol. The van der Waals surface area contributed by atoms with E-state index in [4.69, 9.17) is 20.4 Å². The fourth-order valence-electron chi connectivity index (χ4n) is 3.98. The van der Waals surface area contributed by atoms with Crippen LogP contribution < -0.4 is 10.6 Å². The Bertz CT molecular complexity index is 1270. The van der Waals surface area contributed by atoms with E-state index in [9.17, 15) is 4.79 Å². The van der Waals surface area contributed by atoms with Crippen molar-refractivity contribution in [1.82, 2.24) is 14.5 Å². The van der Waals surface area contributed by atoms with E-state index in [-0.39, 0.29) is 11.4 Å². The summed E-state index contributed by atoms with van der Waals surface area (Å²) in [5.74, 6) is 0.247. The molecule has 172 valence electrons. The average Bonchev–Trinajstić information content (AvgIpc) is 3.09. The molecule has 0 aliphatic carbocycles. The molecule has 7 heteroatoms. The number of rotatable bonds is 8. The summed E-state index contributed by atoms with van der Waals surface area (Å²) < 4.78 is 7.35. The second-order valence-corrected chi connectivity index (χ2v) is 8.49. The van der Waals surface area contributed by atoms with E-state index in [0.717, 1.165) is 36.4 Å². The van der Waals surface area contributed by atoms with E-state index in [1.54, 1.807) is 4.57 Å². The van der Waals surface area contributed by atoms with Crippen molar-refractivity contribution in [3.8, 4) is 5.69 Å². The lowest BCUT2D eigenvalue weighted by Gasteiger charge is -2.21. The topological polar surface area (TPSA) is 86.3 Å². The Hall–Kier alpha value is -3.61. The molecule has 0 bridgehead atoms. The summed E-state index contributed by atoms with van der Waals surface area (Å²) in [5, 5.41) is 0. The van der Waals surface area contributed by atoms with Gasteiger partial charge >= 0.3 is 5.97 Å². The molecule has 0 spiro atoms. The third-order valence-electron chi connectivity index (χ3n) is 5.87. The minimum Gasteiger partial charge on any atom is -0.462 e. The third kappa shape index (κ3) is 4.35. The number of fused-ring (bicyclic) bond motifs is 2. The van der Waals surface area contributed by atoms with E-state index in [0.29, 0.717) is 29.2 Å². The molecule has 0 atom stereocenters. The number of ether oxygens (including phenoxy) is 1. The van der Waals surface area contributed by atoms with Crippen molar-refractivity contribution in [3.63, 3.8) is 0 Å². The highest BCUT2D eigenvalue weighted by atomic mass is 16.5. The summed E-state index contributed by atoms with van der Waals surface area (Å²) >= 11 is 0. The Morgan fingerprint density at radius 3 is 2.27 bits per heavy atom. The SMILES string of the molecule is CCN(CC)c1ccc(-n2c(N)c(C(=O)OCCC(C)C)c3nc4ccccc4nc32)cc1. The fourth-order valence-corrected chi connectivity index (χ4v) is 3.98. The number of hydrogen-bond donors (Lipinski definition) is 1. The minimum atomic E-state index is -0.471. The Balaban J connectivity index is 1.86. The molecule has 4 aromatic rings. The van der Waals surface area contributed by atoms with Gasteiger partial charge in [-0.1, -0.05) is 26.0 Å². The van der Waals surface area contributed by atoms with Gasteiger partial charge in [0.05, 0.1) is 17.6 Å². The molecule has 0 aliphatic heterocycles. The Morgan fingerprint density at radius 2 is 1.67 bits per heavy atom. The lowest BCUT2D eigenvalue weighted by Crippen LogP contribution is -2.21. The second-order valence-electron chi connectivity index (χ2n) is 8.49. The van der Waals surface area contributed by atoms with Gasteiger partial charge in [-0.2, -0.15) is 0 Å². The average molecular weight is 446 g/mol. The largest absolute Gasteiger partial charge is 0.462 e. The second kappa shape index (κ2) is 9.48. The highest BCUT2D eigenvalue weighted by molar-refractivity contribution is 6.09. The van der Waals surface area contributed by atoms with Crippen LogP contribution in [0.5, 0.6) is 0 Å². The van der Waals surface area contributed by atoms with Crippen molar-refractivity contribution in [2.75, 3.05) is 30.3 Å². The summed E-state index contributed by atoms with van der Waals surface area (Å²) in [5.41, 5.74) is 11.2. The van der Waals surface area contributed by atoms with Crippen LogP contribution in [0.25, 0.3) is 27.9 Å². The van der Waals surface area contributed by atoms with Gasteiger partial charge in [0.15, 0.2) is 5.65 Å². The molecular weight excluding hydrogens is 414 g/mol. The van der Waals surface area contributed by atoms with Crippen LogP contribution in [0.2, 0.25) is 0 Å². The summed E-state index contributed by atoms with van der Waals surface area (Å²) in [6.07, 6.45) is 0.783. The molecule has 0 unspecified atom stereocenters. The van der Waals surface area contributed by atoms with Crippen LogP contribution in [-0.2, 0) is 4.74 Å². The zero-order valence-electron chi connectivity index (χ0n) is 19.7. The Kier molecular flexibility index (Phi) is 6.49. The van der Waals surface area contributed by atoms with Gasteiger partial charge in [0.1, 0.15) is 16.9 Å². The maximum atomic E-state index is 13.1. The van der Waals surface area contributed by atoms with E-state index >= 15 is 0 Å². The van der Waals surface area contributed by atoms with Crippen molar-refractivity contribution in [1.29, 1.82) is 0 Å². The summed E-state index contributed by atoms with van der Waals surface area (Å²) in [6.45, 7) is 10.6. The van der Waals surface area contributed by atoms with Gasteiger partial charge in [-0.05, 0) is 62.6 Å². The predicted octanol–water partition coefficient (Wildman–Crippen LogP) is 5.21. The molecule has 0 aliphatic rings. The molecule has 0 saturated heterocycles. The van der Waals surface area contributed by atoms with Crippen LogP contribution in [-0.4, -0.2) is 40.2 Å². The zero-order chi connectivity index (χ0) is 23.5. The lowest BCUT2D eigenvalue weighted by molar-refractivity contribution is 0.0491. The maximum absolute atomic E-state index is 13.1. The number of para-hydroxylation sites is 2. The predicted molar refractivity (Wildman–Crippen MR) is 134 cm³/mol. The number of esters is 1. The molecular formula is C26H31N5O2. The minimum absolute atomic E-state index is 0.264. The van der Waals surface area contributed by atoms with E-state index in [2.05, 4.69) is 44.7 Å². The van der Waals surface area contributed by atoms with Gasteiger partial charge in [0.2, 0.25) is 0 Å². The van der Waals surface area contributed by atoms with Gasteiger partial charge in [0.25, 0.3) is 0 Å². The van der Waals surface area contributed by atoms with Crippen molar-refractivity contribution < 1.29 is 9.53 Å². The molecule has 0 fully saturated rings. The van der Waals surface area contributed by atoms with Gasteiger partial charge in [0, 0.05) is 24.5 Å². The van der Waals surface area contributed by atoms with Crippen LogP contribution in [0, 0.1) is 5.92 Å². The van der Waals surface area contributed by atoms with E-state index in [1.807, 2.05) is 36.4 Å². The number of nitrogen functional groups attached to an aromatic ring is 1. The summed E-state index contributed by atoms with van der Waals surface area (Å²) in [4.78, 5) is 24.9. The first-order valence-corrected chi connectivity index (χ1v) is 11.5. The number of aromatic nitrogens is 3. The van der Waals surface area contributed by atoms with Crippen molar-refractivity contribution in [3.05, 3.63) is 54.1 Å². The number of carbonyl (C=O) groups excluding carboxylic acids is 1. The van der Waals surface area contributed by atoms with Gasteiger partial charge in [-0.25, -0.2) is 14.8 Å². The number of hydrogen-bond acceptors (Lipinski definition) is 6. The van der Waals surface area contributed by atoms with Crippen molar-refractivity contribution in [2.24, 2.45) is 5.92 Å². The normalized spacial score (nSPS) is 11.4. The van der Waals surface area contributed by atoms with Crippen LogP contribution in [0.15, 0.2) is 48.5 Å². The van der Waals surface area contributed by atoms with E-state index < -0.39 is 5.97 Å². The summed E-state index contributed by atoms with van der Waals surface area (Å²) in [7, 11) is 0. The van der Waals surface area contributed by atoms with E-state index in [1.165, 1.54) is 0 Å². The standard InChI is InChI=1S/C26H31N5O2/c1-5-30(6-2)18-11-13-19(14-12-18)31-24(27)22(26(32)33-16-15-17(3)4)23-25(31)29-21-10-8-7-9-20(21)28-23/h7-14,17H,5-6,15-16,27H2,1-4H3. The van der Waals surface area contributed by atoms with Crippen molar-refractivity contribution in [2.45, 2.75) is 34.1 Å². The smallest absolute Gasteiger partial charge is 0.344 e. The molecule has 0 radical (unpaired) electrons. The highest BCUT2D eigenvalue weighted by Gasteiger charge is 2.26. The third-order valence-corrected chi connectivity index (χ3v) is 5.87. The first kappa shape index (κ1) is 22.6. The molecule has 2 N–H and O–H groups in total. The quantitative estimate of drug-likeness (QED) is 0.375. The van der Waals surface area contributed by atoms with Crippen LogP contribution in [0.4, 0.5) is 11.5 Å². The molecule has 4 rings (SSSR count). The van der Waals surface area contributed by atoms with Gasteiger partial charge in [-0.3, -0.25) is 4.57 Å². The van der Waals surface area contributed by atoms with Crippen LogP contribution in [0.1, 0.15) is 44.5 Å². The number of benzene rings is 2. The Morgan fingerprint density at radius 1 is 1.03 bits per heavy atom. The molecule has 7 nitrogen and oxygen atoms in total. The molecule has 33 heavy (non-hydrogen) atoms. The number of carbonyl (C=O) groups is 1. The first-order valence-electron chi connectivity index (χ1n) is 11.5. The summed E-state index contributed by atoms with van der Waals surface area (Å²) in [6, 6.07) is 15.7. The van der Waals surface area contributed by atoms with Crippen LogP contribution >= 0.6 is 0 Å². The van der Waals surface area contributed by atoms with Gasteiger partial charge in [-0.15, -0.1) is 0 Å². The Labute approximate surface area is 194 Å². The van der Waals surface area contributed by atoms with Crippen molar-refractivity contribution >= 4 is 39.7 Å². The number of anilines is 2. The zero-order valence-corrected chi connectivity index (χ0v) is 19.7. The number of nitrogens with two attached hydrogens (primary N) is 1. The van der Waals surface area contributed by atoms with Crippen LogP contribution in [0.3, 0.4) is 0 Å². The number of nitrogens with zero attached hydrogens (tertiary/aromatic N) is 4. The molecule has 2 aromatic carbocycles.